The van der Waals surface area contributed by atoms with Crippen LogP contribution >= 0.6 is 11.3 Å². The van der Waals surface area contributed by atoms with E-state index in [1.165, 1.54) is 16.2 Å². The van der Waals surface area contributed by atoms with Crippen molar-refractivity contribution in [3.8, 4) is 5.75 Å². The summed E-state index contributed by atoms with van der Waals surface area (Å²) in [4.78, 5) is 47.3. The summed E-state index contributed by atoms with van der Waals surface area (Å²) in [6.07, 6.45) is 0. The molecule has 3 heterocycles. The standard InChI is InChI=1S/C21H24N4O4S/c1-12-17(30-13(2)22-12)20(28)25-9-15(19(27)24(3)4)21(10-25)11-29-16-8-6-5-7-14(16)18(26)23-21/h5-8,15H,9-11H2,1-4H3,(H,23,26)/t15-,21-/m1/s1. The van der Waals surface area contributed by atoms with Crippen molar-refractivity contribution in [1.29, 1.82) is 0 Å². The van der Waals surface area contributed by atoms with Crippen LogP contribution in [0.4, 0.5) is 0 Å². The lowest BCUT2D eigenvalue weighted by Gasteiger charge is -2.33. The number of hydrogen-bond acceptors (Lipinski definition) is 6. The van der Waals surface area contributed by atoms with E-state index in [1.807, 2.05) is 6.92 Å². The number of aromatic nitrogens is 1. The number of aryl methyl sites for hydroxylation is 2. The molecule has 158 valence electrons. The first kappa shape index (κ1) is 20.3. The number of benzene rings is 1. The second kappa shape index (κ2) is 7.39. The van der Waals surface area contributed by atoms with Crippen LogP contribution < -0.4 is 10.1 Å². The normalized spacial score (nSPS) is 22.9. The Labute approximate surface area is 178 Å². The summed E-state index contributed by atoms with van der Waals surface area (Å²) in [5.41, 5.74) is 0.0810. The number of ether oxygens (including phenoxy) is 1. The van der Waals surface area contributed by atoms with Gasteiger partial charge in [-0.3, -0.25) is 14.4 Å². The van der Waals surface area contributed by atoms with Crippen LogP contribution in [0.15, 0.2) is 24.3 Å². The molecule has 1 fully saturated rings. The number of nitrogens with zero attached hydrogens (tertiary/aromatic N) is 3. The van der Waals surface area contributed by atoms with Gasteiger partial charge in [-0.15, -0.1) is 11.3 Å². The third kappa shape index (κ3) is 3.32. The van der Waals surface area contributed by atoms with Gasteiger partial charge in [0, 0.05) is 27.2 Å². The number of hydrogen-bond donors (Lipinski definition) is 1. The predicted molar refractivity (Wildman–Crippen MR) is 112 cm³/mol. The highest BCUT2D eigenvalue weighted by atomic mass is 32.1. The minimum absolute atomic E-state index is 0.102. The fraction of sp³-hybridized carbons (Fsp3) is 0.429. The third-order valence-electron chi connectivity index (χ3n) is 5.65. The van der Waals surface area contributed by atoms with Crippen LogP contribution in [-0.2, 0) is 4.79 Å². The summed E-state index contributed by atoms with van der Waals surface area (Å²) < 4.78 is 5.98. The van der Waals surface area contributed by atoms with Crippen molar-refractivity contribution in [2.45, 2.75) is 19.4 Å². The SMILES string of the molecule is Cc1nc(C)c(C(=O)N2C[C@H](C(=O)N(C)C)[C@]3(COc4ccccc4C(=O)N3)C2)s1. The third-order valence-corrected chi connectivity index (χ3v) is 6.71. The van der Waals surface area contributed by atoms with E-state index in [4.69, 9.17) is 4.74 Å². The first-order valence-electron chi connectivity index (χ1n) is 9.70. The summed E-state index contributed by atoms with van der Waals surface area (Å²) in [6.45, 7) is 4.15. The zero-order valence-corrected chi connectivity index (χ0v) is 18.2. The molecular weight excluding hydrogens is 404 g/mol. The van der Waals surface area contributed by atoms with E-state index >= 15 is 0 Å². The van der Waals surface area contributed by atoms with Gasteiger partial charge >= 0.3 is 0 Å². The highest BCUT2D eigenvalue weighted by Crippen LogP contribution is 2.35. The van der Waals surface area contributed by atoms with E-state index < -0.39 is 11.5 Å². The average molecular weight is 429 g/mol. The fourth-order valence-electron chi connectivity index (χ4n) is 4.15. The molecule has 0 bridgehead atoms. The molecule has 1 aromatic carbocycles. The van der Waals surface area contributed by atoms with Crippen LogP contribution in [0, 0.1) is 19.8 Å². The Morgan fingerprint density at radius 2 is 2.03 bits per heavy atom. The average Bonchev–Trinajstić information content (AvgIpc) is 3.20. The quantitative estimate of drug-likeness (QED) is 0.782. The molecule has 3 amide bonds. The zero-order chi connectivity index (χ0) is 21.6. The van der Waals surface area contributed by atoms with E-state index in [0.717, 1.165) is 5.01 Å². The lowest BCUT2D eigenvalue weighted by atomic mass is 9.86. The van der Waals surface area contributed by atoms with Crippen molar-refractivity contribution >= 4 is 29.1 Å². The molecule has 2 aliphatic rings. The molecule has 1 N–H and O–H groups in total. The number of rotatable bonds is 2. The number of nitrogens with one attached hydrogen (secondary N) is 1. The van der Waals surface area contributed by atoms with Crippen molar-refractivity contribution in [2.75, 3.05) is 33.8 Å². The maximum Gasteiger partial charge on any atom is 0.265 e. The van der Waals surface area contributed by atoms with Gasteiger partial charge in [0.15, 0.2) is 0 Å². The van der Waals surface area contributed by atoms with Crippen LogP contribution in [0.3, 0.4) is 0 Å². The van der Waals surface area contributed by atoms with Gasteiger partial charge in [0.1, 0.15) is 22.8 Å². The molecule has 8 nitrogen and oxygen atoms in total. The molecule has 1 saturated heterocycles. The number of amides is 3. The molecule has 0 saturated carbocycles. The molecule has 30 heavy (non-hydrogen) atoms. The number of thiazole rings is 1. The molecule has 1 aromatic heterocycles. The Morgan fingerprint density at radius 3 is 2.70 bits per heavy atom. The summed E-state index contributed by atoms with van der Waals surface area (Å²) in [6, 6.07) is 6.99. The van der Waals surface area contributed by atoms with Gasteiger partial charge in [0.05, 0.1) is 22.2 Å². The van der Waals surface area contributed by atoms with Crippen molar-refractivity contribution in [3.63, 3.8) is 0 Å². The van der Waals surface area contributed by atoms with Gasteiger partial charge < -0.3 is 19.9 Å². The molecule has 4 rings (SSSR count). The van der Waals surface area contributed by atoms with Crippen LogP contribution in [0.1, 0.15) is 30.7 Å². The van der Waals surface area contributed by atoms with Gasteiger partial charge in [0.2, 0.25) is 5.91 Å². The van der Waals surface area contributed by atoms with Crippen molar-refractivity contribution < 1.29 is 19.1 Å². The van der Waals surface area contributed by atoms with Gasteiger partial charge in [-0.05, 0) is 26.0 Å². The second-order valence-electron chi connectivity index (χ2n) is 8.01. The Balaban J connectivity index is 1.70. The number of fused-ring (bicyclic) bond motifs is 1. The van der Waals surface area contributed by atoms with Crippen molar-refractivity contribution in [3.05, 3.63) is 45.4 Å². The number of likely N-dealkylation sites (tertiary alicyclic amines) is 1. The first-order chi connectivity index (χ1) is 14.2. The Morgan fingerprint density at radius 1 is 1.30 bits per heavy atom. The largest absolute Gasteiger partial charge is 0.490 e. The molecule has 2 aliphatic heterocycles. The van der Waals surface area contributed by atoms with Gasteiger partial charge in [-0.25, -0.2) is 4.98 Å². The zero-order valence-electron chi connectivity index (χ0n) is 17.4. The van der Waals surface area contributed by atoms with E-state index in [9.17, 15) is 14.4 Å². The lowest BCUT2D eigenvalue weighted by Crippen LogP contribution is -2.60. The molecule has 2 aromatic rings. The van der Waals surface area contributed by atoms with Crippen LogP contribution in [-0.4, -0.2) is 71.8 Å². The van der Waals surface area contributed by atoms with E-state index in [-0.39, 0.29) is 37.4 Å². The fourth-order valence-corrected chi connectivity index (χ4v) is 5.04. The first-order valence-corrected chi connectivity index (χ1v) is 10.5. The highest BCUT2D eigenvalue weighted by molar-refractivity contribution is 7.13. The van der Waals surface area contributed by atoms with Crippen LogP contribution in [0.25, 0.3) is 0 Å². The van der Waals surface area contributed by atoms with Gasteiger partial charge in [-0.1, -0.05) is 12.1 Å². The van der Waals surface area contributed by atoms with Gasteiger partial charge in [-0.2, -0.15) is 0 Å². The Hall–Kier alpha value is -2.94. The van der Waals surface area contributed by atoms with E-state index in [1.54, 1.807) is 50.2 Å². The van der Waals surface area contributed by atoms with E-state index in [2.05, 4.69) is 10.3 Å². The highest BCUT2D eigenvalue weighted by Gasteiger charge is 2.55. The molecule has 0 unspecified atom stereocenters. The number of para-hydroxylation sites is 1. The van der Waals surface area contributed by atoms with Crippen molar-refractivity contribution in [1.82, 2.24) is 20.1 Å². The summed E-state index contributed by atoms with van der Waals surface area (Å²) >= 11 is 1.34. The monoisotopic (exact) mass is 428 g/mol. The summed E-state index contributed by atoms with van der Waals surface area (Å²) in [5, 5.41) is 3.85. The minimum atomic E-state index is -1.01. The molecule has 0 aliphatic carbocycles. The van der Waals surface area contributed by atoms with Crippen LogP contribution in [0.5, 0.6) is 5.75 Å². The molecule has 9 heteroatoms. The van der Waals surface area contributed by atoms with Crippen molar-refractivity contribution in [2.24, 2.45) is 5.92 Å². The predicted octanol–water partition coefficient (Wildman–Crippen LogP) is 1.48. The Bertz CT molecular complexity index is 1030. The second-order valence-corrected chi connectivity index (χ2v) is 9.22. The minimum Gasteiger partial charge on any atom is -0.490 e. The van der Waals surface area contributed by atoms with Crippen LogP contribution in [0.2, 0.25) is 0 Å². The van der Waals surface area contributed by atoms with E-state index in [0.29, 0.717) is 21.9 Å². The summed E-state index contributed by atoms with van der Waals surface area (Å²) in [7, 11) is 3.34. The maximum atomic E-state index is 13.2. The lowest BCUT2D eigenvalue weighted by molar-refractivity contribution is -0.134. The number of carbonyl (C=O) groups is 3. The molecule has 0 radical (unpaired) electrons. The summed E-state index contributed by atoms with van der Waals surface area (Å²) in [5.74, 6) is -0.788. The molecule has 2 atom stereocenters. The topological polar surface area (TPSA) is 91.8 Å². The smallest absolute Gasteiger partial charge is 0.265 e. The molecular formula is C21H24N4O4S. The number of carbonyl (C=O) groups excluding carboxylic acids is 3. The van der Waals surface area contributed by atoms with Gasteiger partial charge in [0.25, 0.3) is 11.8 Å². The maximum absolute atomic E-state index is 13.2. The molecule has 1 spiro atoms. The Kier molecular flexibility index (Phi) is 5.01.